The minimum Gasteiger partial charge on any atom is -0.367 e. The van der Waals surface area contributed by atoms with E-state index in [4.69, 9.17) is 12.2 Å². The summed E-state index contributed by atoms with van der Waals surface area (Å²) in [6, 6.07) is 13.7. The number of nitrogens with zero attached hydrogens (tertiary/aromatic N) is 2. The van der Waals surface area contributed by atoms with Crippen LogP contribution in [-0.2, 0) is 0 Å². The lowest BCUT2D eigenvalue weighted by molar-refractivity contribution is 0.0977. The number of aryl methyl sites for hydroxylation is 2. The second kappa shape index (κ2) is 8.50. The van der Waals surface area contributed by atoms with Crippen LogP contribution in [0.3, 0.4) is 0 Å². The first-order valence-corrected chi connectivity index (χ1v) is 9.57. The van der Waals surface area contributed by atoms with Gasteiger partial charge in [0, 0.05) is 31.7 Å². The van der Waals surface area contributed by atoms with Gasteiger partial charge in [-0.05, 0) is 68.5 Å². The third kappa shape index (κ3) is 4.84. The number of carbonyl (C=O) groups is 1. The first kappa shape index (κ1) is 19.3. The van der Waals surface area contributed by atoms with Gasteiger partial charge in [-0.25, -0.2) is 0 Å². The predicted molar refractivity (Wildman–Crippen MR) is 116 cm³/mol. The van der Waals surface area contributed by atoms with E-state index in [-0.39, 0.29) is 5.91 Å². The van der Waals surface area contributed by atoms with Crippen molar-refractivity contribution < 1.29 is 4.79 Å². The van der Waals surface area contributed by atoms with Crippen LogP contribution >= 0.6 is 12.2 Å². The van der Waals surface area contributed by atoms with Crippen molar-refractivity contribution >= 4 is 34.6 Å². The van der Waals surface area contributed by atoms with E-state index in [1.807, 2.05) is 50.2 Å². The molecule has 1 heterocycles. The van der Waals surface area contributed by atoms with Crippen molar-refractivity contribution in [3.05, 3.63) is 59.2 Å². The van der Waals surface area contributed by atoms with Gasteiger partial charge in [0.15, 0.2) is 5.11 Å². The Balaban J connectivity index is 1.67. The number of piperazine rings is 1. The van der Waals surface area contributed by atoms with Gasteiger partial charge >= 0.3 is 0 Å². The molecular formula is C21H26N4OS. The molecule has 27 heavy (non-hydrogen) atoms. The third-order valence-corrected chi connectivity index (χ3v) is 5.20. The Morgan fingerprint density at radius 3 is 2.41 bits per heavy atom. The maximum absolute atomic E-state index is 12.5. The highest BCUT2D eigenvalue weighted by molar-refractivity contribution is 7.80. The number of likely N-dealkylation sites (N-methyl/N-ethyl adjacent to an activating group) is 1. The summed E-state index contributed by atoms with van der Waals surface area (Å²) >= 11 is 5.38. The van der Waals surface area contributed by atoms with E-state index in [0.29, 0.717) is 10.7 Å². The summed E-state index contributed by atoms with van der Waals surface area (Å²) in [5.41, 5.74) is 4.87. The van der Waals surface area contributed by atoms with Crippen molar-refractivity contribution in [3.8, 4) is 0 Å². The minimum atomic E-state index is -0.201. The molecule has 2 aromatic rings. The third-order valence-electron chi connectivity index (χ3n) is 4.99. The zero-order valence-electron chi connectivity index (χ0n) is 16.1. The number of rotatable bonds is 3. The van der Waals surface area contributed by atoms with E-state index in [1.165, 1.54) is 0 Å². The number of benzene rings is 2. The fourth-order valence-electron chi connectivity index (χ4n) is 3.11. The molecule has 1 aliphatic rings. The lowest BCUT2D eigenvalue weighted by Gasteiger charge is -2.35. The van der Waals surface area contributed by atoms with Gasteiger partial charge in [-0.3, -0.25) is 10.1 Å². The lowest BCUT2D eigenvalue weighted by atomic mass is 10.1. The van der Waals surface area contributed by atoms with Crippen molar-refractivity contribution in [1.29, 1.82) is 0 Å². The Kier molecular flexibility index (Phi) is 6.08. The molecule has 2 aromatic carbocycles. The number of para-hydroxylation sites is 2. The van der Waals surface area contributed by atoms with Crippen LogP contribution in [0, 0.1) is 13.8 Å². The zero-order chi connectivity index (χ0) is 19.4. The van der Waals surface area contributed by atoms with Crippen LogP contribution in [0.15, 0.2) is 42.5 Å². The van der Waals surface area contributed by atoms with Gasteiger partial charge < -0.3 is 15.1 Å². The monoisotopic (exact) mass is 382 g/mol. The smallest absolute Gasteiger partial charge is 0.257 e. The number of hydrogen-bond acceptors (Lipinski definition) is 4. The second-order valence-corrected chi connectivity index (χ2v) is 7.42. The molecule has 0 atom stereocenters. The standard InChI is InChI=1S/C21H26N4OS/c1-15-8-9-17(14-16(15)2)20(26)23-21(27)22-18-6-4-5-7-19(18)25-12-10-24(3)11-13-25/h4-9,14H,10-13H2,1-3H3,(H2,22,23,26,27). The Morgan fingerprint density at radius 1 is 1.00 bits per heavy atom. The molecule has 0 bridgehead atoms. The Hall–Kier alpha value is -2.44. The lowest BCUT2D eigenvalue weighted by Crippen LogP contribution is -2.45. The SMILES string of the molecule is Cc1ccc(C(=O)NC(=S)Nc2ccccc2N2CCN(C)CC2)cc1C. The van der Waals surface area contributed by atoms with Crippen molar-refractivity contribution in [3.63, 3.8) is 0 Å². The van der Waals surface area contributed by atoms with Crippen LogP contribution in [0.2, 0.25) is 0 Å². The molecule has 2 N–H and O–H groups in total. The second-order valence-electron chi connectivity index (χ2n) is 7.01. The Labute approximate surface area is 166 Å². The average molecular weight is 383 g/mol. The van der Waals surface area contributed by atoms with Crippen LogP contribution in [0.25, 0.3) is 0 Å². The normalized spacial score (nSPS) is 14.7. The molecule has 6 heteroatoms. The summed E-state index contributed by atoms with van der Waals surface area (Å²) < 4.78 is 0. The molecule has 0 spiro atoms. The molecule has 3 rings (SSSR count). The van der Waals surface area contributed by atoms with Crippen molar-refractivity contribution in [2.24, 2.45) is 0 Å². The summed E-state index contributed by atoms with van der Waals surface area (Å²) in [6.45, 7) is 8.02. The molecule has 0 saturated carbocycles. The van der Waals surface area contributed by atoms with Crippen molar-refractivity contribution in [1.82, 2.24) is 10.2 Å². The maximum Gasteiger partial charge on any atom is 0.257 e. The van der Waals surface area contributed by atoms with E-state index in [2.05, 4.69) is 33.5 Å². The van der Waals surface area contributed by atoms with E-state index in [0.717, 1.165) is 48.7 Å². The van der Waals surface area contributed by atoms with Crippen LogP contribution in [0.5, 0.6) is 0 Å². The van der Waals surface area contributed by atoms with Gasteiger partial charge in [-0.15, -0.1) is 0 Å². The van der Waals surface area contributed by atoms with Gasteiger partial charge in [0.2, 0.25) is 0 Å². The maximum atomic E-state index is 12.5. The quantitative estimate of drug-likeness (QED) is 0.799. The van der Waals surface area contributed by atoms with E-state index in [9.17, 15) is 4.79 Å². The zero-order valence-corrected chi connectivity index (χ0v) is 16.9. The van der Waals surface area contributed by atoms with Crippen LogP contribution in [0.4, 0.5) is 11.4 Å². The topological polar surface area (TPSA) is 47.6 Å². The summed E-state index contributed by atoms with van der Waals surface area (Å²) in [6.07, 6.45) is 0. The van der Waals surface area contributed by atoms with E-state index >= 15 is 0 Å². The molecule has 0 radical (unpaired) electrons. The molecule has 142 valence electrons. The largest absolute Gasteiger partial charge is 0.367 e. The van der Waals surface area contributed by atoms with Gasteiger partial charge in [-0.1, -0.05) is 18.2 Å². The van der Waals surface area contributed by atoms with Gasteiger partial charge in [0.25, 0.3) is 5.91 Å². The van der Waals surface area contributed by atoms with E-state index < -0.39 is 0 Å². The average Bonchev–Trinajstić information content (AvgIpc) is 2.65. The molecule has 0 unspecified atom stereocenters. The highest BCUT2D eigenvalue weighted by Crippen LogP contribution is 2.26. The van der Waals surface area contributed by atoms with Crippen LogP contribution in [-0.4, -0.2) is 49.1 Å². The fourth-order valence-corrected chi connectivity index (χ4v) is 3.32. The Morgan fingerprint density at radius 2 is 1.70 bits per heavy atom. The summed E-state index contributed by atoms with van der Waals surface area (Å²) in [4.78, 5) is 17.1. The van der Waals surface area contributed by atoms with Gasteiger partial charge in [0.05, 0.1) is 11.4 Å². The summed E-state index contributed by atoms with van der Waals surface area (Å²) in [5.74, 6) is -0.201. The number of hydrogen-bond donors (Lipinski definition) is 2. The first-order valence-electron chi connectivity index (χ1n) is 9.16. The number of nitrogens with one attached hydrogen (secondary N) is 2. The molecular weight excluding hydrogens is 356 g/mol. The molecule has 0 aliphatic carbocycles. The molecule has 5 nitrogen and oxygen atoms in total. The van der Waals surface area contributed by atoms with Gasteiger partial charge in [0.1, 0.15) is 0 Å². The van der Waals surface area contributed by atoms with Crippen LogP contribution < -0.4 is 15.5 Å². The molecule has 1 amide bonds. The number of carbonyl (C=O) groups excluding carboxylic acids is 1. The molecule has 1 fully saturated rings. The minimum absolute atomic E-state index is 0.201. The van der Waals surface area contributed by atoms with E-state index in [1.54, 1.807) is 0 Å². The molecule has 1 saturated heterocycles. The molecule has 1 aliphatic heterocycles. The van der Waals surface area contributed by atoms with Crippen LogP contribution in [0.1, 0.15) is 21.5 Å². The summed E-state index contributed by atoms with van der Waals surface area (Å²) in [7, 11) is 2.14. The first-order chi connectivity index (χ1) is 12.9. The Bertz CT molecular complexity index is 844. The number of amides is 1. The molecule has 0 aromatic heterocycles. The fraction of sp³-hybridized carbons (Fsp3) is 0.333. The highest BCUT2D eigenvalue weighted by atomic mass is 32.1. The van der Waals surface area contributed by atoms with Crippen molar-refractivity contribution in [2.45, 2.75) is 13.8 Å². The van der Waals surface area contributed by atoms with Crippen molar-refractivity contribution in [2.75, 3.05) is 43.4 Å². The number of anilines is 2. The van der Waals surface area contributed by atoms with Gasteiger partial charge in [-0.2, -0.15) is 0 Å². The number of thiocarbonyl (C=S) groups is 1. The highest BCUT2D eigenvalue weighted by Gasteiger charge is 2.17. The predicted octanol–water partition coefficient (Wildman–Crippen LogP) is 3.18. The summed E-state index contributed by atoms with van der Waals surface area (Å²) in [5, 5.41) is 6.28.